The van der Waals surface area contributed by atoms with Gasteiger partial charge in [-0.2, -0.15) is 0 Å². The van der Waals surface area contributed by atoms with E-state index in [-0.39, 0.29) is 83.0 Å². The molecule has 574 valence electrons. The van der Waals surface area contributed by atoms with Crippen LogP contribution in [0.1, 0.15) is 162 Å². The number of carbonyl (C=O) groups is 1. The van der Waals surface area contributed by atoms with Crippen LogP contribution in [0.5, 0.6) is 0 Å². The molecule has 14 atom stereocenters. The van der Waals surface area contributed by atoms with E-state index >= 15 is 0 Å². The smallest absolute Gasteiger partial charge is 0.295 e. The zero-order valence-electron chi connectivity index (χ0n) is 58.7. The minimum absolute atomic E-state index is 0.0260. The van der Waals surface area contributed by atoms with E-state index < -0.39 is 122 Å². The van der Waals surface area contributed by atoms with E-state index in [1.54, 1.807) is 32.4 Å². The van der Waals surface area contributed by atoms with Gasteiger partial charge in [0.25, 0.3) is 35.6 Å². The highest BCUT2D eigenvalue weighted by Gasteiger charge is 2.67. The number of sulfone groups is 1. The predicted molar refractivity (Wildman–Crippen MR) is 363 cm³/mol. The number of fused-ring (bicyclic) bond motifs is 5. The van der Waals surface area contributed by atoms with Crippen molar-refractivity contribution < 1.29 is 100 Å². The third-order valence-corrected chi connectivity index (χ3v) is 27.0. The van der Waals surface area contributed by atoms with E-state index in [2.05, 4.69) is 62.2 Å². The standard InChI is InChI=1S/C34H60N4O10S.C12H22N4O12S2.C7H10N2O3S.C5H8O2S/c1-22-13-14-33(4)25(17-22)18-29(47-36(40)41)32-27-11-10-26(34(27,5)30(19-28(32)33)48-37(42)43)24(3)9-12-31(39)35-15-8-16-38(6,7)20-23(2)21-49(44,45)46;1-3-11(5-25-13(17)18,6-26-14(19)20)9-29-30-10-12(4-2,7-27-15(21)22)8-28-16(23)24;1-3-6(12-9(10)11)7-5(2)8-4-13-7;1-5-2-3-8(6,7)4-5/h22-30,32H,8-21H2,1-7H3,(H-,35,39,44,45,46);3-10H2,1-2H3;4,6H,3H2,1-2H3;2-3,5H,4H2,1H3/t22-,23?,24-,25?,26-,27?,28?,29?,30?,32?,33+,34-;;;/m1.../s1. The Morgan fingerprint density at radius 1 is 0.790 bits per heavy atom. The second kappa shape index (κ2) is 39.4. The van der Waals surface area contributed by atoms with Gasteiger partial charge in [0.2, 0.25) is 5.91 Å². The van der Waals surface area contributed by atoms with Gasteiger partial charge in [-0.15, -0.1) is 82.1 Å². The Morgan fingerprint density at radius 2 is 1.33 bits per heavy atom. The average molecular weight is 1530 g/mol. The first-order valence-electron chi connectivity index (χ1n) is 33.0. The molecule has 100 heavy (non-hydrogen) atoms. The van der Waals surface area contributed by atoms with Gasteiger partial charge in [-0.05, 0) is 124 Å². The number of nitrogens with one attached hydrogen (secondary N) is 1. The molecule has 5 aliphatic rings. The molecule has 0 bridgehead atoms. The second-order valence-corrected chi connectivity index (χ2v) is 35.1. The van der Waals surface area contributed by atoms with Crippen molar-refractivity contribution in [1.29, 1.82) is 0 Å². The van der Waals surface area contributed by atoms with Crippen LogP contribution >= 0.6 is 32.9 Å². The number of carbonyl (C=O) groups excluding carboxylic acids is 1. The number of thiazole rings is 1. The molecule has 4 fully saturated rings. The van der Waals surface area contributed by atoms with E-state index in [1.807, 2.05) is 34.9 Å². The molecule has 1 amide bonds. The minimum atomic E-state index is -4.28. The molecule has 1 N–H and O–H groups in total. The van der Waals surface area contributed by atoms with Crippen LogP contribution in [-0.4, -0.2) is 168 Å². The minimum Gasteiger partial charge on any atom is -0.748 e. The van der Waals surface area contributed by atoms with Gasteiger partial charge in [0.15, 0.2) is 9.84 Å². The van der Waals surface area contributed by atoms with Crippen molar-refractivity contribution in [2.45, 2.75) is 171 Å². The molecule has 0 saturated heterocycles. The summed E-state index contributed by atoms with van der Waals surface area (Å²) in [4.78, 5) is 127. The fourth-order valence-electron chi connectivity index (χ4n) is 15.2. The second-order valence-electron chi connectivity index (χ2n) is 28.4. The molecule has 6 rings (SSSR count). The fraction of sp³-hybridized carbons (Fsp3) is 0.897. The summed E-state index contributed by atoms with van der Waals surface area (Å²) in [6, 6.07) is 0. The quantitative estimate of drug-likeness (QED) is 0.0160. The molecule has 0 aromatic carbocycles. The number of hydrogen-bond acceptors (Lipinski definition) is 31. The molecule has 4 saturated carbocycles. The molecule has 0 radical (unpaired) electrons. The Balaban J connectivity index is 0.000000426. The van der Waals surface area contributed by atoms with Crippen molar-refractivity contribution >= 4 is 58.8 Å². The Kier molecular flexibility index (Phi) is 34.7. The van der Waals surface area contributed by atoms with E-state index in [0.29, 0.717) is 74.3 Å². The van der Waals surface area contributed by atoms with Gasteiger partial charge in [0.1, 0.15) is 44.7 Å². The first-order chi connectivity index (χ1) is 46.4. The summed E-state index contributed by atoms with van der Waals surface area (Å²) in [5, 5.41) is 74.1. The van der Waals surface area contributed by atoms with Crippen LogP contribution in [0.25, 0.3) is 0 Å². The van der Waals surface area contributed by atoms with Crippen LogP contribution in [0.15, 0.2) is 17.0 Å². The summed E-state index contributed by atoms with van der Waals surface area (Å²) >= 11 is 1.38. The van der Waals surface area contributed by atoms with Crippen molar-refractivity contribution in [3.63, 3.8) is 0 Å². The van der Waals surface area contributed by atoms with Crippen LogP contribution in [-0.2, 0) is 58.6 Å². The van der Waals surface area contributed by atoms with Gasteiger partial charge in [0, 0.05) is 64.2 Å². The summed E-state index contributed by atoms with van der Waals surface area (Å²) < 4.78 is 54.9. The molecule has 0 spiro atoms. The van der Waals surface area contributed by atoms with E-state index in [0.717, 1.165) is 64.3 Å². The molecule has 2 heterocycles. The van der Waals surface area contributed by atoms with Gasteiger partial charge in [-0.25, -0.2) is 21.8 Å². The van der Waals surface area contributed by atoms with Gasteiger partial charge < -0.3 is 48.2 Å². The summed E-state index contributed by atoms with van der Waals surface area (Å²) in [7, 11) is -0.781. The van der Waals surface area contributed by atoms with E-state index in [4.69, 9.17) is 9.68 Å². The van der Waals surface area contributed by atoms with E-state index in [9.17, 15) is 97.0 Å². The van der Waals surface area contributed by atoms with Gasteiger partial charge >= 0.3 is 0 Å². The number of quaternary nitrogens is 1. The Morgan fingerprint density at radius 3 is 1.75 bits per heavy atom. The summed E-state index contributed by atoms with van der Waals surface area (Å²) in [5.41, 5.74) is -0.323. The van der Waals surface area contributed by atoms with Crippen LogP contribution in [0.3, 0.4) is 0 Å². The monoisotopic (exact) mass is 1530 g/mol. The third-order valence-electron chi connectivity index (χ3n) is 20.6. The number of aromatic nitrogens is 1. The lowest BCUT2D eigenvalue weighted by atomic mass is 9.42. The highest BCUT2D eigenvalue weighted by atomic mass is 33.1. The topological polar surface area (TPSA) is 500 Å². The summed E-state index contributed by atoms with van der Waals surface area (Å²) in [5.74, 6) is 0.880. The van der Waals surface area contributed by atoms with Crippen LogP contribution < -0.4 is 5.32 Å². The van der Waals surface area contributed by atoms with Crippen LogP contribution in [0.4, 0.5) is 0 Å². The van der Waals surface area contributed by atoms with Crippen molar-refractivity contribution in [3.8, 4) is 0 Å². The average Bonchev–Trinajstić information content (AvgIpc) is 1.34. The first kappa shape index (κ1) is 88.0. The zero-order valence-corrected chi connectivity index (χ0v) is 62.8. The number of hydrogen-bond donors (Lipinski definition) is 1. The van der Waals surface area contributed by atoms with Crippen molar-refractivity contribution in [2.75, 3.05) is 83.2 Å². The summed E-state index contributed by atoms with van der Waals surface area (Å²) in [6.45, 7) is 19.3. The van der Waals surface area contributed by atoms with Crippen molar-refractivity contribution in [2.24, 2.45) is 74.9 Å². The van der Waals surface area contributed by atoms with Crippen molar-refractivity contribution in [1.82, 2.24) is 10.3 Å². The van der Waals surface area contributed by atoms with Gasteiger partial charge in [-0.3, -0.25) is 4.79 Å². The third kappa shape index (κ3) is 28.2. The predicted octanol–water partition coefficient (Wildman–Crippen LogP) is 9.50. The zero-order chi connectivity index (χ0) is 75.8. The molecule has 1 aromatic rings. The maximum atomic E-state index is 12.9. The molecule has 1 aliphatic heterocycles. The summed E-state index contributed by atoms with van der Waals surface area (Å²) in [6.07, 6.45) is 8.53. The number of amides is 1. The lowest BCUT2D eigenvalue weighted by Crippen LogP contribution is -2.63. The molecular weight excluding hydrogens is 1430 g/mol. The number of rotatable bonds is 39. The Bertz CT molecular complexity index is 3050. The normalized spacial score (nSPS) is 25.9. The maximum Gasteiger partial charge on any atom is 0.295 e. The number of nitrogens with zero attached hydrogens (tertiary/aromatic N) is 9. The highest BCUT2D eigenvalue weighted by molar-refractivity contribution is 8.76. The molecular formula is C58H100N10O27S5. The SMILES string of the molecule is CC(C[N+](C)(C)CCCNC(=O)CC[C@@H](C)[C@H]1CCC2C3C(O[N+](=O)[O-])CC4C[C@H](C)CC[C@]4(C)C3CC(O[N+](=O)[O-])[C@@]21C)CS(=O)(=O)[O-].CC1C=CS(=O)(=O)C1.CCC(CO[N+](=O)[O-])(CO[N+](=O)[O-])CSSCC(CC)(CO[N+](=O)[O-])CO[N+](=O)[O-].CCC(O[N+](=O)[O-])c1scnc1C. The number of allylic oxidation sites excluding steroid dienone is 1. The van der Waals surface area contributed by atoms with Gasteiger partial charge in [0.05, 0.1) is 59.1 Å². The maximum absolute atomic E-state index is 12.9. The first-order valence-corrected chi connectivity index (χ1v) is 39.7. The largest absolute Gasteiger partial charge is 0.748 e. The molecule has 42 heteroatoms. The fourth-order valence-corrected chi connectivity index (χ4v) is 21.8. The van der Waals surface area contributed by atoms with Crippen LogP contribution in [0, 0.1) is 153 Å². The lowest BCUT2D eigenvalue weighted by Gasteiger charge is -2.64. The van der Waals surface area contributed by atoms with Crippen LogP contribution in [0.2, 0.25) is 0 Å². The Hall–Kier alpha value is -6.24. The Labute approximate surface area is 593 Å². The van der Waals surface area contributed by atoms with Gasteiger partial charge in [-0.1, -0.05) is 96.4 Å². The molecule has 37 nitrogen and oxygen atoms in total. The number of aryl methyl sites for hydroxylation is 1. The van der Waals surface area contributed by atoms with E-state index in [1.165, 1.54) is 16.7 Å². The lowest BCUT2D eigenvalue weighted by molar-refractivity contribution is -0.893. The van der Waals surface area contributed by atoms with Crippen molar-refractivity contribution in [3.05, 3.63) is 98.4 Å². The highest BCUT2D eigenvalue weighted by Crippen LogP contribution is 2.69. The molecule has 9 unspecified atom stereocenters. The molecule has 4 aliphatic carbocycles. The molecule has 1 aromatic heterocycles.